The number of fused-ring (bicyclic) bond motifs is 2. The second-order valence-electron chi connectivity index (χ2n) is 8.18. The third-order valence-electron chi connectivity index (χ3n) is 6.00. The fourth-order valence-electron chi connectivity index (χ4n) is 4.30. The van der Waals surface area contributed by atoms with Crippen LogP contribution < -0.4 is 9.64 Å². The van der Waals surface area contributed by atoms with E-state index in [9.17, 15) is 13.2 Å². The minimum atomic E-state index is -3.50. The van der Waals surface area contributed by atoms with Crippen LogP contribution in [0.1, 0.15) is 36.5 Å². The molecule has 7 heteroatoms. The summed E-state index contributed by atoms with van der Waals surface area (Å²) >= 11 is 0. The number of nitrogens with zero attached hydrogens (tertiary/aromatic N) is 2. The van der Waals surface area contributed by atoms with E-state index in [4.69, 9.17) is 4.74 Å². The molecule has 0 aromatic heterocycles. The van der Waals surface area contributed by atoms with Gasteiger partial charge in [-0.1, -0.05) is 12.1 Å². The Hall–Kier alpha value is -2.38. The molecule has 6 nitrogen and oxygen atoms in total. The zero-order valence-electron chi connectivity index (χ0n) is 17.7. The number of ether oxygens (including phenoxy) is 1. The van der Waals surface area contributed by atoms with E-state index in [0.717, 1.165) is 36.3 Å². The van der Waals surface area contributed by atoms with Gasteiger partial charge in [-0.3, -0.25) is 4.79 Å². The Bertz CT molecular complexity index is 1080. The SMILES string of the molecule is C[C@H](Oc1cccc2c1CCCC2)C(=O)N1CCc2cc(S(=O)(=O)N(C)C)ccc21. The molecule has 30 heavy (non-hydrogen) atoms. The van der Waals surface area contributed by atoms with Crippen LogP contribution in [0.4, 0.5) is 5.69 Å². The van der Waals surface area contributed by atoms with E-state index < -0.39 is 16.1 Å². The maximum absolute atomic E-state index is 13.1. The molecule has 0 radical (unpaired) electrons. The van der Waals surface area contributed by atoms with Gasteiger partial charge in [-0.05, 0) is 80.0 Å². The average molecular weight is 429 g/mol. The first-order valence-electron chi connectivity index (χ1n) is 10.4. The van der Waals surface area contributed by atoms with Crippen LogP contribution in [-0.2, 0) is 34.1 Å². The predicted molar refractivity (Wildman–Crippen MR) is 117 cm³/mol. The molecule has 2 aromatic rings. The van der Waals surface area contributed by atoms with Gasteiger partial charge in [0.05, 0.1) is 4.90 Å². The minimum Gasteiger partial charge on any atom is -0.481 e. The molecule has 0 N–H and O–H groups in total. The molecule has 0 unspecified atom stereocenters. The summed E-state index contributed by atoms with van der Waals surface area (Å²) in [7, 11) is -0.470. The quantitative estimate of drug-likeness (QED) is 0.734. The lowest BCUT2D eigenvalue weighted by Gasteiger charge is -2.25. The molecule has 2 aromatic carbocycles. The number of benzene rings is 2. The summed E-state index contributed by atoms with van der Waals surface area (Å²) in [6, 6.07) is 11.1. The van der Waals surface area contributed by atoms with Gasteiger partial charge in [0.25, 0.3) is 5.91 Å². The van der Waals surface area contributed by atoms with Gasteiger partial charge in [-0.2, -0.15) is 0 Å². The molecule has 0 bridgehead atoms. The van der Waals surface area contributed by atoms with E-state index >= 15 is 0 Å². The third-order valence-corrected chi connectivity index (χ3v) is 7.81. The Morgan fingerprint density at radius 2 is 1.83 bits per heavy atom. The van der Waals surface area contributed by atoms with Crippen molar-refractivity contribution in [3.8, 4) is 5.75 Å². The molecule has 2 aliphatic rings. The van der Waals surface area contributed by atoms with Crippen molar-refractivity contribution in [2.45, 2.75) is 50.0 Å². The van der Waals surface area contributed by atoms with Crippen LogP contribution in [0.25, 0.3) is 0 Å². The lowest BCUT2D eigenvalue weighted by atomic mass is 9.91. The first-order valence-corrected chi connectivity index (χ1v) is 11.9. The van der Waals surface area contributed by atoms with Crippen molar-refractivity contribution in [1.82, 2.24) is 4.31 Å². The molecule has 0 saturated carbocycles. The van der Waals surface area contributed by atoms with Crippen molar-refractivity contribution in [2.24, 2.45) is 0 Å². The maximum Gasteiger partial charge on any atom is 0.267 e. The second-order valence-corrected chi connectivity index (χ2v) is 10.3. The Morgan fingerprint density at radius 1 is 1.07 bits per heavy atom. The molecule has 0 spiro atoms. The lowest BCUT2D eigenvalue weighted by molar-refractivity contribution is -0.124. The predicted octanol–water partition coefficient (Wildman–Crippen LogP) is 3.17. The summed E-state index contributed by atoms with van der Waals surface area (Å²) in [5.41, 5.74) is 4.18. The summed E-state index contributed by atoms with van der Waals surface area (Å²) < 4.78 is 32.1. The maximum atomic E-state index is 13.1. The zero-order valence-corrected chi connectivity index (χ0v) is 18.5. The van der Waals surface area contributed by atoms with E-state index in [1.807, 2.05) is 12.1 Å². The lowest BCUT2D eigenvalue weighted by Crippen LogP contribution is -2.39. The van der Waals surface area contributed by atoms with Gasteiger partial charge in [0, 0.05) is 26.3 Å². The molecular formula is C23H28N2O4S. The number of aryl methyl sites for hydroxylation is 1. The molecule has 1 aliphatic heterocycles. The first-order chi connectivity index (χ1) is 14.3. The van der Waals surface area contributed by atoms with Crippen LogP contribution in [0.15, 0.2) is 41.3 Å². The molecular weight excluding hydrogens is 400 g/mol. The number of carbonyl (C=O) groups excluding carboxylic acids is 1. The van der Waals surface area contributed by atoms with Gasteiger partial charge in [0.15, 0.2) is 6.10 Å². The second kappa shape index (κ2) is 8.04. The molecule has 0 saturated heterocycles. The summed E-state index contributed by atoms with van der Waals surface area (Å²) in [5.74, 6) is 0.699. The summed E-state index contributed by atoms with van der Waals surface area (Å²) in [6.45, 7) is 2.31. The molecule has 1 atom stereocenters. The van der Waals surface area contributed by atoms with Gasteiger partial charge in [0.2, 0.25) is 10.0 Å². The van der Waals surface area contributed by atoms with Crippen molar-refractivity contribution in [1.29, 1.82) is 0 Å². The van der Waals surface area contributed by atoms with Crippen molar-refractivity contribution >= 4 is 21.6 Å². The average Bonchev–Trinajstić information content (AvgIpc) is 3.16. The van der Waals surface area contributed by atoms with Crippen molar-refractivity contribution in [2.75, 3.05) is 25.5 Å². The van der Waals surface area contributed by atoms with Crippen molar-refractivity contribution in [3.63, 3.8) is 0 Å². The highest BCUT2D eigenvalue weighted by Gasteiger charge is 2.31. The minimum absolute atomic E-state index is 0.106. The van der Waals surface area contributed by atoms with Gasteiger partial charge < -0.3 is 9.64 Å². The molecule has 1 aliphatic carbocycles. The largest absolute Gasteiger partial charge is 0.481 e. The Balaban J connectivity index is 1.53. The van der Waals surface area contributed by atoms with E-state index in [2.05, 4.69) is 6.07 Å². The molecule has 1 amide bonds. The fraction of sp³-hybridized carbons (Fsp3) is 0.435. The van der Waals surface area contributed by atoms with Crippen LogP contribution in [0, 0.1) is 0 Å². The third kappa shape index (κ3) is 3.72. The zero-order chi connectivity index (χ0) is 21.5. The van der Waals surface area contributed by atoms with E-state index in [-0.39, 0.29) is 10.8 Å². The number of carbonyl (C=O) groups is 1. The highest BCUT2D eigenvalue weighted by atomic mass is 32.2. The number of sulfonamides is 1. The number of hydrogen-bond donors (Lipinski definition) is 0. The molecule has 4 rings (SSSR count). The van der Waals surface area contributed by atoms with E-state index in [0.29, 0.717) is 13.0 Å². The highest BCUT2D eigenvalue weighted by Crippen LogP contribution is 2.33. The molecule has 0 fully saturated rings. The van der Waals surface area contributed by atoms with Crippen LogP contribution in [0.2, 0.25) is 0 Å². The van der Waals surface area contributed by atoms with E-state index in [1.54, 1.807) is 30.0 Å². The smallest absolute Gasteiger partial charge is 0.267 e. The standard InChI is InChI=1S/C23H28N2O4S/c1-16(29-22-10-6-8-17-7-4-5-9-20(17)22)23(26)25-14-13-18-15-19(11-12-21(18)25)30(27,28)24(2)3/h6,8,10-12,15-16H,4-5,7,9,13-14H2,1-3H3/t16-/m0/s1. The summed E-state index contributed by atoms with van der Waals surface area (Å²) in [6.07, 6.45) is 4.41. The number of amides is 1. The van der Waals surface area contributed by atoms with Gasteiger partial charge in [0.1, 0.15) is 5.75 Å². The molecule has 1 heterocycles. The highest BCUT2D eigenvalue weighted by molar-refractivity contribution is 7.89. The first kappa shape index (κ1) is 20.9. The van der Waals surface area contributed by atoms with Gasteiger partial charge in [-0.15, -0.1) is 0 Å². The van der Waals surface area contributed by atoms with Crippen molar-refractivity contribution in [3.05, 3.63) is 53.1 Å². The van der Waals surface area contributed by atoms with Crippen LogP contribution >= 0.6 is 0 Å². The van der Waals surface area contributed by atoms with Crippen LogP contribution in [-0.4, -0.2) is 45.4 Å². The fourth-order valence-corrected chi connectivity index (χ4v) is 5.25. The van der Waals surface area contributed by atoms with Gasteiger partial charge in [-0.25, -0.2) is 12.7 Å². The Labute approximate surface area is 178 Å². The number of hydrogen-bond acceptors (Lipinski definition) is 4. The topological polar surface area (TPSA) is 66.9 Å². The van der Waals surface area contributed by atoms with E-state index in [1.165, 1.54) is 35.9 Å². The molecule has 160 valence electrons. The normalized spacial score (nSPS) is 16.9. The van der Waals surface area contributed by atoms with Crippen LogP contribution in [0.3, 0.4) is 0 Å². The number of rotatable bonds is 5. The Kier molecular flexibility index (Phi) is 5.59. The number of anilines is 1. The Morgan fingerprint density at radius 3 is 2.60 bits per heavy atom. The summed E-state index contributed by atoms with van der Waals surface area (Å²) in [4.78, 5) is 15.1. The monoisotopic (exact) mass is 428 g/mol. The summed E-state index contributed by atoms with van der Waals surface area (Å²) in [5, 5.41) is 0. The van der Waals surface area contributed by atoms with Crippen molar-refractivity contribution < 1.29 is 17.9 Å². The van der Waals surface area contributed by atoms with Crippen LogP contribution in [0.5, 0.6) is 5.75 Å². The van der Waals surface area contributed by atoms with Gasteiger partial charge >= 0.3 is 0 Å².